The molecule has 2 aliphatic carbocycles. The number of aryl methyl sites for hydroxylation is 1. The minimum absolute atomic E-state index is 0.0488. The number of rotatable bonds is 10. The number of ether oxygens (including phenoxy) is 2. The zero-order chi connectivity index (χ0) is 49.7. The Balaban J connectivity index is 0.983. The van der Waals surface area contributed by atoms with E-state index in [-0.39, 0.29) is 42.5 Å². The van der Waals surface area contributed by atoms with E-state index in [0.717, 1.165) is 147 Å². The number of pyridine rings is 1. The van der Waals surface area contributed by atoms with Gasteiger partial charge in [-0.05, 0) is 130 Å². The highest BCUT2D eigenvalue weighted by atomic mass is 16.5. The van der Waals surface area contributed by atoms with Gasteiger partial charge >= 0.3 is 5.97 Å². The number of esters is 1. The van der Waals surface area contributed by atoms with Gasteiger partial charge in [0.1, 0.15) is 12.1 Å². The topological polar surface area (TPSA) is 137 Å². The molecule has 2 amide bonds. The van der Waals surface area contributed by atoms with Crippen LogP contribution >= 0.6 is 0 Å². The first-order valence-electron chi connectivity index (χ1n) is 27.7. The lowest BCUT2D eigenvalue weighted by Gasteiger charge is -2.42. The number of carbonyl (C=O) groups excluding carboxylic acids is 3. The molecule has 0 spiro atoms. The van der Waals surface area contributed by atoms with Crippen molar-refractivity contribution in [3.05, 3.63) is 71.5 Å². The molecule has 0 radical (unpaired) electrons. The van der Waals surface area contributed by atoms with Gasteiger partial charge in [0.05, 0.1) is 42.0 Å². The second kappa shape index (κ2) is 20.8. The quantitative estimate of drug-likeness (QED) is 0.139. The van der Waals surface area contributed by atoms with Crippen LogP contribution in [0.25, 0.3) is 33.3 Å². The summed E-state index contributed by atoms with van der Waals surface area (Å²) in [7, 11) is 1.76. The number of carbonyl (C=O) groups is 3. The van der Waals surface area contributed by atoms with E-state index in [4.69, 9.17) is 14.5 Å². The maximum absolute atomic E-state index is 15.0. The molecular weight excluding hydrogens is 903 g/mol. The van der Waals surface area contributed by atoms with Gasteiger partial charge in [-0.3, -0.25) is 34.2 Å². The van der Waals surface area contributed by atoms with Gasteiger partial charge in [0.15, 0.2) is 0 Å². The number of piperidine rings is 1. The van der Waals surface area contributed by atoms with E-state index >= 15 is 0 Å². The number of methoxy groups -OCH3 is 1. The third-order valence-corrected chi connectivity index (χ3v) is 17.6. The largest absolute Gasteiger partial charge is 0.464 e. The Hall–Kier alpha value is -4.86. The predicted molar refractivity (Wildman–Crippen MR) is 282 cm³/mol. The lowest BCUT2D eigenvalue weighted by Crippen LogP contribution is -2.63. The van der Waals surface area contributed by atoms with Crippen molar-refractivity contribution in [2.24, 2.45) is 17.3 Å². The molecule has 6 fully saturated rings. The van der Waals surface area contributed by atoms with Crippen LogP contribution in [0.2, 0.25) is 0 Å². The van der Waals surface area contributed by atoms with Gasteiger partial charge in [-0.1, -0.05) is 57.0 Å². The number of amides is 2. The first-order chi connectivity index (χ1) is 34.9. The van der Waals surface area contributed by atoms with Crippen LogP contribution in [0, 0.1) is 17.3 Å². The molecule has 3 N–H and O–H groups in total. The smallest absolute Gasteiger partial charge is 0.324 e. The highest BCUT2D eigenvalue weighted by Gasteiger charge is 2.43. The monoisotopic (exact) mass is 982 g/mol. The van der Waals surface area contributed by atoms with Crippen molar-refractivity contribution >= 4 is 34.4 Å². The van der Waals surface area contributed by atoms with E-state index in [1.807, 2.05) is 6.20 Å². The van der Waals surface area contributed by atoms with E-state index in [1.165, 1.54) is 18.4 Å². The van der Waals surface area contributed by atoms with Crippen LogP contribution in [-0.4, -0.2) is 138 Å². The highest BCUT2D eigenvalue weighted by Crippen LogP contribution is 2.44. The van der Waals surface area contributed by atoms with Gasteiger partial charge in [-0.25, -0.2) is 5.43 Å². The lowest BCUT2D eigenvalue weighted by atomic mass is 9.84. The van der Waals surface area contributed by atoms with Gasteiger partial charge in [-0.15, -0.1) is 0 Å². The first-order valence-corrected chi connectivity index (χ1v) is 27.7. The average molecular weight is 982 g/mol. The third kappa shape index (κ3) is 10.1. The van der Waals surface area contributed by atoms with Gasteiger partial charge in [0.25, 0.3) is 5.91 Å². The SMILES string of the molecule is CCn1c(-c2cc(N3CCN(C4CC4)CC3)cnc2[C@H](C)OC)c2c3cc(ccc31)-c1cccc(c1)C[C@H](NC(=O)[C@H](C1CCCC1)N1CCC3NCC[C@H]3C1)C(=O)N1CCC[C@H](N1)C(=O)OCC(C)(C)C2. The highest BCUT2D eigenvalue weighted by molar-refractivity contribution is 5.96. The number of benzene rings is 2. The number of nitrogens with zero attached hydrogens (tertiary/aromatic N) is 6. The number of nitrogens with one attached hydrogen (secondary N) is 3. The van der Waals surface area contributed by atoms with E-state index in [1.54, 1.807) is 12.1 Å². The van der Waals surface area contributed by atoms with Crippen molar-refractivity contribution in [3.8, 4) is 22.4 Å². The second-order valence-corrected chi connectivity index (χ2v) is 23.2. The van der Waals surface area contributed by atoms with Crippen LogP contribution < -0.4 is 21.0 Å². The average Bonchev–Trinajstić information content (AvgIpc) is 3.75. The van der Waals surface area contributed by atoms with Crippen LogP contribution in [-0.2, 0) is 43.2 Å². The molecule has 7 heterocycles. The number of fused-ring (bicyclic) bond motifs is 7. The molecule has 2 aromatic carbocycles. The summed E-state index contributed by atoms with van der Waals surface area (Å²) in [5.74, 6) is 0.163. The standard InChI is InChI=1S/C58H79N9O5/c1-6-66-51-19-16-41-31-45(51)47(54(66)46-32-44(34-60-52(46)37(2)71-5)64-27-25-63(26-28-64)43-17-18-43)33-58(3,4)36-72-57(70)49-15-10-23-67(62-49)56(69)50(30-38-11-9-14-40(41)29-38)61-55(68)53(39-12-7-8-13-39)65-24-21-48-42(35-65)20-22-59-48/h9,11,14,16,19,29,31-32,34,37,39,42-43,48-50,53,59,62H,6-8,10,12-13,15,17-18,20-28,30,33,35-36H2,1-5H3,(H,61,68)/t37-,42-,48?,49-,50-,53-/m0/s1. The lowest BCUT2D eigenvalue weighted by molar-refractivity contribution is -0.155. The van der Waals surface area contributed by atoms with Crippen molar-refractivity contribution in [2.45, 2.75) is 148 Å². The van der Waals surface area contributed by atoms with E-state index in [2.05, 4.69) is 112 Å². The summed E-state index contributed by atoms with van der Waals surface area (Å²) in [4.78, 5) is 57.0. The minimum atomic E-state index is -0.840. The van der Waals surface area contributed by atoms with E-state index in [9.17, 15) is 14.4 Å². The molecule has 7 aliphatic rings. The summed E-state index contributed by atoms with van der Waals surface area (Å²) in [5, 5.41) is 9.82. The maximum atomic E-state index is 15.0. The molecular formula is C58H79N9O5. The Kier molecular flexibility index (Phi) is 14.3. The maximum Gasteiger partial charge on any atom is 0.324 e. The van der Waals surface area contributed by atoms with Gasteiger partial charge in [-0.2, -0.15) is 0 Å². The molecule has 5 aliphatic heterocycles. The van der Waals surface area contributed by atoms with Crippen molar-refractivity contribution in [2.75, 3.05) is 71.0 Å². The van der Waals surface area contributed by atoms with E-state index < -0.39 is 17.5 Å². The van der Waals surface area contributed by atoms with Crippen LogP contribution in [0.5, 0.6) is 0 Å². The number of cyclic esters (lactones) is 1. The van der Waals surface area contributed by atoms with Crippen LogP contribution in [0.15, 0.2) is 54.7 Å². The number of piperazine rings is 1. The van der Waals surface area contributed by atoms with Crippen LogP contribution in [0.1, 0.15) is 115 Å². The molecule has 72 heavy (non-hydrogen) atoms. The Labute approximate surface area is 426 Å². The van der Waals surface area contributed by atoms with Crippen molar-refractivity contribution in [3.63, 3.8) is 0 Å². The Bertz CT molecular complexity index is 2630. The molecule has 11 rings (SSSR count). The molecule has 4 saturated heterocycles. The normalized spacial score (nSPS) is 26.6. The molecule has 14 heteroatoms. The van der Waals surface area contributed by atoms with Crippen LogP contribution in [0.3, 0.4) is 0 Å². The number of likely N-dealkylation sites (tertiary alicyclic amines) is 1. The summed E-state index contributed by atoms with van der Waals surface area (Å²) in [6.45, 7) is 16.9. The molecule has 2 aromatic heterocycles. The zero-order valence-corrected chi connectivity index (χ0v) is 43.6. The third-order valence-electron chi connectivity index (χ3n) is 17.6. The predicted octanol–water partition coefficient (Wildman–Crippen LogP) is 7.27. The number of aromatic nitrogens is 2. The number of anilines is 1. The summed E-state index contributed by atoms with van der Waals surface area (Å²) in [6, 6.07) is 17.1. The molecule has 6 bridgehead atoms. The summed E-state index contributed by atoms with van der Waals surface area (Å²) in [5.41, 5.74) is 12.5. The number of hydrogen-bond donors (Lipinski definition) is 3. The Morgan fingerprint density at radius 1 is 0.931 bits per heavy atom. The zero-order valence-electron chi connectivity index (χ0n) is 43.6. The summed E-state index contributed by atoms with van der Waals surface area (Å²) >= 11 is 0. The fourth-order valence-electron chi connectivity index (χ4n) is 13.5. The van der Waals surface area contributed by atoms with Gasteiger partial charge in [0, 0.05) is 99.9 Å². The van der Waals surface area contributed by atoms with Gasteiger partial charge < -0.3 is 29.6 Å². The summed E-state index contributed by atoms with van der Waals surface area (Å²) < 4.78 is 14.8. The molecule has 6 atom stereocenters. The van der Waals surface area contributed by atoms with E-state index in [0.29, 0.717) is 44.2 Å². The molecule has 2 saturated carbocycles. The molecule has 386 valence electrons. The Morgan fingerprint density at radius 2 is 1.74 bits per heavy atom. The van der Waals surface area contributed by atoms with Crippen LogP contribution in [0.4, 0.5) is 5.69 Å². The second-order valence-electron chi connectivity index (χ2n) is 23.2. The molecule has 1 unspecified atom stereocenters. The number of hydrazine groups is 1. The van der Waals surface area contributed by atoms with Crippen molar-refractivity contribution < 1.29 is 23.9 Å². The van der Waals surface area contributed by atoms with Crippen molar-refractivity contribution in [1.82, 2.24) is 40.4 Å². The molecule has 14 nitrogen and oxygen atoms in total. The minimum Gasteiger partial charge on any atom is -0.464 e. The Morgan fingerprint density at radius 3 is 2.51 bits per heavy atom. The molecule has 4 aromatic rings. The fourth-order valence-corrected chi connectivity index (χ4v) is 13.5. The van der Waals surface area contributed by atoms with Crippen molar-refractivity contribution in [1.29, 1.82) is 0 Å². The first kappa shape index (κ1) is 49.4. The summed E-state index contributed by atoms with van der Waals surface area (Å²) in [6.07, 6.45) is 13.1. The fraction of sp³-hybridized carbons (Fsp3) is 0.621. The van der Waals surface area contributed by atoms with Gasteiger partial charge in [0.2, 0.25) is 5.91 Å². The number of hydrogen-bond acceptors (Lipinski definition) is 11.